The van der Waals surface area contributed by atoms with Gasteiger partial charge in [-0.05, 0) is 18.1 Å². The minimum absolute atomic E-state index is 0.303. The summed E-state index contributed by atoms with van der Waals surface area (Å²) in [4.78, 5) is 4.16. The number of rotatable bonds is 3. The highest BCUT2D eigenvalue weighted by Gasteiger charge is 2.00. The van der Waals surface area contributed by atoms with Crippen molar-refractivity contribution in [1.29, 1.82) is 0 Å². The summed E-state index contributed by atoms with van der Waals surface area (Å²) < 4.78 is 4.83. The van der Waals surface area contributed by atoms with Gasteiger partial charge in [0.1, 0.15) is 5.75 Å². The molecule has 0 saturated heterocycles. The van der Waals surface area contributed by atoms with Crippen molar-refractivity contribution in [2.45, 2.75) is 19.8 Å². The van der Waals surface area contributed by atoms with Crippen molar-refractivity contribution in [2.24, 2.45) is 0 Å². The molecule has 0 atom stereocenters. The fourth-order valence-corrected chi connectivity index (χ4v) is 0.893. The minimum atomic E-state index is -0.303. The van der Waals surface area contributed by atoms with Crippen molar-refractivity contribution >= 4 is 7.69 Å². The van der Waals surface area contributed by atoms with Crippen molar-refractivity contribution < 1.29 is 9.68 Å². The number of hydrogen-bond donors (Lipinski definition) is 1. The molecule has 0 bridgehead atoms. The Labute approximate surface area is 72.7 Å². The first-order valence-corrected chi connectivity index (χ1v) is 3.93. The predicted octanol–water partition coefficient (Wildman–Crippen LogP) is 0.843. The van der Waals surface area contributed by atoms with Gasteiger partial charge in [-0.2, -0.15) is 0 Å². The minimum Gasteiger partial charge on any atom is -0.538 e. The first-order valence-electron chi connectivity index (χ1n) is 3.93. The summed E-state index contributed by atoms with van der Waals surface area (Å²) in [6.07, 6.45) is 1.62. The van der Waals surface area contributed by atoms with Crippen LogP contribution in [0.1, 0.15) is 25.5 Å². The average molecular weight is 165 g/mol. The molecule has 0 aliphatic carbocycles. The molecule has 1 N–H and O–H groups in total. The van der Waals surface area contributed by atoms with Crippen LogP contribution in [0.2, 0.25) is 0 Å². The molecule has 1 heterocycles. The maximum absolute atomic E-state index is 8.45. The molecular weight excluding hydrogens is 153 g/mol. The Hall–Kier alpha value is -1.03. The van der Waals surface area contributed by atoms with Crippen LogP contribution in [-0.4, -0.2) is 17.7 Å². The quantitative estimate of drug-likeness (QED) is 0.674. The van der Waals surface area contributed by atoms with Gasteiger partial charge in [0.05, 0.1) is 6.20 Å². The molecule has 0 spiro atoms. The lowest BCUT2D eigenvalue weighted by atomic mass is 10.1. The van der Waals surface area contributed by atoms with Crippen LogP contribution in [0.25, 0.3) is 0 Å². The van der Waals surface area contributed by atoms with Crippen LogP contribution in [0.4, 0.5) is 0 Å². The topological polar surface area (TPSA) is 42.4 Å². The van der Waals surface area contributed by atoms with Gasteiger partial charge in [-0.3, -0.25) is 4.98 Å². The second-order valence-corrected chi connectivity index (χ2v) is 2.85. The molecule has 0 amide bonds. The molecule has 0 aliphatic heterocycles. The first kappa shape index (κ1) is 9.07. The molecule has 64 valence electrons. The van der Waals surface area contributed by atoms with Crippen LogP contribution in [-0.2, 0) is 0 Å². The molecule has 0 saturated carbocycles. The maximum atomic E-state index is 8.45. The van der Waals surface area contributed by atoms with E-state index in [2.05, 4.69) is 18.8 Å². The zero-order valence-electron chi connectivity index (χ0n) is 7.32. The smallest absolute Gasteiger partial charge is 0.504 e. The molecule has 0 radical (unpaired) electrons. The SMILES string of the molecule is CC(C)c1ccc(OBO)cn1. The molecule has 4 heteroatoms. The molecular formula is C8H12BNO2. The third kappa shape index (κ3) is 2.24. The number of hydrogen-bond acceptors (Lipinski definition) is 3. The molecule has 1 aromatic rings. The van der Waals surface area contributed by atoms with Gasteiger partial charge in [0.25, 0.3) is 0 Å². The Balaban J connectivity index is 2.71. The van der Waals surface area contributed by atoms with Crippen molar-refractivity contribution in [3.8, 4) is 5.75 Å². The second-order valence-electron chi connectivity index (χ2n) is 2.85. The van der Waals surface area contributed by atoms with E-state index in [4.69, 9.17) is 9.68 Å². The van der Waals surface area contributed by atoms with E-state index in [1.807, 2.05) is 6.07 Å². The van der Waals surface area contributed by atoms with E-state index < -0.39 is 0 Å². The average Bonchev–Trinajstić information content (AvgIpc) is 2.06. The summed E-state index contributed by atoms with van der Waals surface area (Å²) in [5, 5.41) is 8.45. The third-order valence-electron chi connectivity index (χ3n) is 1.58. The molecule has 12 heavy (non-hydrogen) atoms. The van der Waals surface area contributed by atoms with Crippen LogP contribution in [0.3, 0.4) is 0 Å². The third-order valence-corrected chi connectivity index (χ3v) is 1.58. The summed E-state index contributed by atoms with van der Waals surface area (Å²) in [6, 6.07) is 3.70. The largest absolute Gasteiger partial charge is 0.538 e. The first-order chi connectivity index (χ1) is 5.74. The van der Waals surface area contributed by atoms with E-state index in [0.29, 0.717) is 11.7 Å². The van der Waals surface area contributed by atoms with Gasteiger partial charge in [-0.25, -0.2) is 0 Å². The standard InChI is InChI=1S/C8H12BNO2/c1-6(2)8-4-3-7(5-10-8)12-9-11/h3-6,9,11H,1-2H3. The summed E-state index contributed by atoms with van der Waals surface area (Å²) in [5.74, 6) is 1.02. The molecule has 0 aliphatic rings. The summed E-state index contributed by atoms with van der Waals surface area (Å²) in [5.41, 5.74) is 1.03. The van der Waals surface area contributed by atoms with Gasteiger partial charge in [0, 0.05) is 5.69 Å². The fourth-order valence-electron chi connectivity index (χ4n) is 0.893. The Morgan fingerprint density at radius 1 is 1.50 bits per heavy atom. The molecule has 0 aromatic carbocycles. The Bertz CT molecular complexity index is 235. The number of pyridine rings is 1. The summed E-state index contributed by atoms with van der Waals surface area (Å²) in [6.45, 7) is 4.16. The second kappa shape index (κ2) is 4.11. The van der Waals surface area contributed by atoms with Gasteiger partial charge in [-0.15, -0.1) is 0 Å². The van der Waals surface area contributed by atoms with Gasteiger partial charge in [0.2, 0.25) is 0 Å². The van der Waals surface area contributed by atoms with Gasteiger partial charge in [0.15, 0.2) is 0 Å². The van der Waals surface area contributed by atoms with Gasteiger partial charge >= 0.3 is 7.69 Å². The van der Waals surface area contributed by atoms with E-state index in [9.17, 15) is 0 Å². The normalized spacial score (nSPS) is 10.0. The van der Waals surface area contributed by atoms with E-state index in [1.54, 1.807) is 12.3 Å². The van der Waals surface area contributed by atoms with E-state index in [-0.39, 0.29) is 7.69 Å². The highest BCUT2D eigenvalue weighted by Crippen LogP contribution is 2.14. The van der Waals surface area contributed by atoms with Crippen LogP contribution in [0, 0.1) is 0 Å². The molecule has 0 unspecified atom stereocenters. The van der Waals surface area contributed by atoms with Crippen molar-refractivity contribution in [3.63, 3.8) is 0 Å². The van der Waals surface area contributed by atoms with Gasteiger partial charge in [-0.1, -0.05) is 13.8 Å². The monoisotopic (exact) mass is 165 g/mol. The summed E-state index contributed by atoms with van der Waals surface area (Å²) in [7, 11) is -0.303. The Morgan fingerprint density at radius 3 is 2.67 bits per heavy atom. The number of nitrogens with zero attached hydrogens (tertiary/aromatic N) is 1. The van der Waals surface area contributed by atoms with Crippen LogP contribution < -0.4 is 4.65 Å². The zero-order valence-corrected chi connectivity index (χ0v) is 7.32. The van der Waals surface area contributed by atoms with Crippen molar-refractivity contribution in [3.05, 3.63) is 24.0 Å². The zero-order chi connectivity index (χ0) is 8.97. The van der Waals surface area contributed by atoms with Crippen molar-refractivity contribution in [2.75, 3.05) is 0 Å². The number of aromatic nitrogens is 1. The van der Waals surface area contributed by atoms with E-state index in [0.717, 1.165) is 5.69 Å². The Morgan fingerprint density at radius 2 is 2.25 bits per heavy atom. The lowest BCUT2D eigenvalue weighted by Crippen LogP contribution is -2.01. The molecule has 3 nitrogen and oxygen atoms in total. The molecule has 1 aromatic heterocycles. The highest BCUT2D eigenvalue weighted by molar-refractivity contribution is 6.17. The summed E-state index contributed by atoms with van der Waals surface area (Å²) >= 11 is 0. The fraction of sp³-hybridized carbons (Fsp3) is 0.375. The van der Waals surface area contributed by atoms with Crippen LogP contribution >= 0.6 is 0 Å². The van der Waals surface area contributed by atoms with E-state index >= 15 is 0 Å². The molecule has 0 fully saturated rings. The lowest BCUT2D eigenvalue weighted by molar-refractivity contribution is 0.452. The van der Waals surface area contributed by atoms with E-state index in [1.165, 1.54) is 0 Å². The maximum Gasteiger partial charge on any atom is 0.504 e. The van der Waals surface area contributed by atoms with Crippen LogP contribution in [0.15, 0.2) is 18.3 Å². The highest BCUT2D eigenvalue weighted by atomic mass is 16.5. The molecule has 1 rings (SSSR count). The van der Waals surface area contributed by atoms with Crippen molar-refractivity contribution in [1.82, 2.24) is 4.98 Å². The lowest BCUT2D eigenvalue weighted by Gasteiger charge is -2.05. The Kier molecular flexibility index (Phi) is 3.11. The predicted molar refractivity (Wildman–Crippen MR) is 48.3 cm³/mol. The van der Waals surface area contributed by atoms with Crippen LogP contribution in [0.5, 0.6) is 5.75 Å². The van der Waals surface area contributed by atoms with Gasteiger partial charge < -0.3 is 9.68 Å².